The third kappa shape index (κ3) is 3.64. The average Bonchev–Trinajstić information content (AvgIpc) is 3.02. The van der Waals surface area contributed by atoms with E-state index in [9.17, 15) is 19.7 Å². The number of phenols is 1. The number of halogens is 1. The molecular formula is C17H17FN2O3S. The summed E-state index contributed by atoms with van der Waals surface area (Å²) in [6, 6.07) is 12.5. The molecular weight excluding hydrogens is 331 g/mol. The van der Waals surface area contributed by atoms with Crippen molar-refractivity contribution in [2.45, 2.75) is 12.2 Å². The lowest BCUT2D eigenvalue weighted by Crippen LogP contribution is -2.34. The topological polar surface area (TPSA) is 85.6 Å². The molecule has 2 unspecified atom stereocenters. The van der Waals surface area contributed by atoms with E-state index in [0.717, 1.165) is 26.5 Å². The quantitative estimate of drug-likeness (QED) is 0.550. The van der Waals surface area contributed by atoms with Crippen molar-refractivity contribution in [3.63, 3.8) is 0 Å². The van der Waals surface area contributed by atoms with Crippen LogP contribution < -0.4 is 5.32 Å². The maximum atomic E-state index is 12.3. The van der Waals surface area contributed by atoms with Crippen molar-refractivity contribution in [2.75, 3.05) is 18.5 Å². The summed E-state index contributed by atoms with van der Waals surface area (Å²) >= 11 is 1.49. The van der Waals surface area contributed by atoms with Crippen LogP contribution in [0.4, 0.5) is 10.1 Å². The predicted molar refractivity (Wildman–Crippen MR) is 93.2 cm³/mol. The minimum absolute atomic E-state index is 0.0604. The molecule has 7 heteroatoms. The highest BCUT2D eigenvalue weighted by atomic mass is 32.1. The van der Waals surface area contributed by atoms with E-state index in [1.807, 2.05) is 24.3 Å². The van der Waals surface area contributed by atoms with Crippen LogP contribution in [0.25, 0.3) is 20.8 Å². The number of aliphatic hydroxyl groups excluding tert-OH is 2. The Hall–Kier alpha value is -2.22. The van der Waals surface area contributed by atoms with Crippen molar-refractivity contribution in [2.24, 2.45) is 0 Å². The molecule has 0 radical (unpaired) electrons. The predicted octanol–water partition coefficient (Wildman–Crippen LogP) is 2.77. The molecule has 0 fully saturated rings. The van der Waals surface area contributed by atoms with Crippen molar-refractivity contribution in [3.8, 4) is 16.3 Å². The van der Waals surface area contributed by atoms with Gasteiger partial charge in [-0.1, -0.05) is 0 Å². The number of fused-ring (bicyclic) bond motifs is 1. The molecule has 1 aromatic heterocycles. The van der Waals surface area contributed by atoms with Crippen molar-refractivity contribution in [1.82, 2.24) is 4.98 Å². The monoisotopic (exact) mass is 348 g/mol. The summed E-state index contributed by atoms with van der Waals surface area (Å²) in [5, 5.41) is 32.0. The first-order valence-corrected chi connectivity index (χ1v) is 8.24. The van der Waals surface area contributed by atoms with Gasteiger partial charge in [-0.25, -0.2) is 9.37 Å². The van der Waals surface area contributed by atoms with Gasteiger partial charge in [-0.15, -0.1) is 11.3 Å². The second-order valence-electron chi connectivity index (χ2n) is 5.42. The Morgan fingerprint density at radius 2 is 1.83 bits per heavy atom. The summed E-state index contributed by atoms with van der Waals surface area (Å²) in [6.45, 7) is -0.917. The Bertz CT molecular complexity index is 822. The first-order valence-electron chi connectivity index (χ1n) is 7.43. The van der Waals surface area contributed by atoms with Crippen molar-refractivity contribution >= 4 is 27.2 Å². The molecule has 2 atom stereocenters. The molecule has 0 spiro atoms. The number of phenolic OH excluding ortho intramolecular Hbond substituents is 1. The van der Waals surface area contributed by atoms with Gasteiger partial charge in [0.1, 0.15) is 23.5 Å². The summed E-state index contributed by atoms with van der Waals surface area (Å²) in [5.74, 6) is 0.214. The molecule has 24 heavy (non-hydrogen) atoms. The standard InChI is InChI=1S/C17H17FN2O3S/c18-8-14(22)15(23)9-19-11-3-1-10(2-4-11)17-20-13-6-5-12(21)7-16(13)24-17/h1-7,14-15,19,21-23H,8-9H2. The molecule has 0 aliphatic carbocycles. The Labute approximate surface area is 142 Å². The summed E-state index contributed by atoms with van der Waals surface area (Å²) < 4.78 is 13.2. The number of hydrogen-bond acceptors (Lipinski definition) is 6. The van der Waals surface area contributed by atoms with Crippen LogP contribution >= 0.6 is 11.3 Å². The van der Waals surface area contributed by atoms with E-state index < -0.39 is 18.9 Å². The number of nitrogens with zero attached hydrogens (tertiary/aromatic N) is 1. The lowest BCUT2D eigenvalue weighted by atomic mass is 10.2. The van der Waals surface area contributed by atoms with Gasteiger partial charge in [0.05, 0.1) is 16.3 Å². The summed E-state index contributed by atoms with van der Waals surface area (Å²) in [6.07, 6.45) is -2.54. The van der Waals surface area contributed by atoms with Crippen LogP contribution in [0.2, 0.25) is 0 Å². The van der Waals surface area contributed by atoms with Gasteiger partial charge in [0.15, 0.2) is 0 Å². The van der Waals surface area contributed by atoms with Crippen LogP contribution in [0.5, 0.6) is 5.75 Å². The SMILES string of the molecule is Oc1ccc2nc(-c3ccc(NCC(O)C(O)CF)cc3)sc2c1. The Balaban J connectivity index is 1.71. The lowest BCUT2D eigenvalue weighted by Gasteiger charge is -2.16. The van der Waals surface area contributed by atoms with Gasteiger partial charge in [-0.2, -0.15) is 0 Å². The minimum atomic E-state index is -1.38. The van der Waals surface area contributed by atoms with Crippen LogP contribution in [0.3, 0.4) is 0 Å². The maximum absolute atomic E-state index is 12.3. The second kappa shape index (κ2) is 7.12. The Kier molecular flexibility index (Phi) is 4.94. The zero-order valence-corrected chi connectivity index (χ0v) is 13.5. The molecule has 0 bridgehead atoms. The van der Waals surface area contributed by atoms with Gasteiger partial charge in [-0.3, -0.25) is 0 Å². The summed E-state index contributed by atoms with van der Waals surface area (Å²) in [4.78, 5) is 4.53. The minimum Gasteiger partial charge on any atom is -0.508 e. The first kappa shape index (κ1) is 16.6. The second-order valence-corrected chi connectivity index (χ2v) is 6.45. The number of nitrogens with one attached hydrogen (secondary N) is 1. The number of alkyl halides is 1. The molecule has 3 aromatic rings. The molecule has 4 N–H and O–H groups in total. The van der Waals surface area contributed by atoms with Crippen LogP contribution in [-0.2, 0) is 0 Å². The maximum Gasteiger partial charge on any atom is 0.124 e. The molecule has 0 aliphatic heterocycles. The smallest absolute Gasteiger partial charge is 0.124 e. The van der Waals surface area contributed by atoms with E-state index in [0.29, 0.717) is 0 Å². The van der Waals surface area contributed by atoms with Gasteiger partial charge < -0.3 is 20.6 Å². The Morgan fingerprint density at radius 1 is 1.08 bits per heavy atom. The highest BCUT2D eigenvalue weighted by molar-refractivity contribution is 7.21. The summed E-state index contributed by atoms with van der Waals surface area (Å²) in [7, 11) is 0. The zero-order valence-electron chi connectivity index (χ0n) is 12.7. The van der Waals surface area contributed by atoms with Gasteiger partial charge >= 0.3 is 0 Å². The highest BCUT2D eigenvalue weighted by Gasteiger charge is 2.15. The molecule has 3 rings (SSSR count). The molecule has 1 heterocycles. The highest BCUT2D eigenvalue weighted by Crippen LogP contribution is 2.32. The normalized spacial score (nSPS) is 13.8. The average molecular weight is 348 g/mol. The first-order chi connectivity index (χ1) is 11.6. The number of thiazole rings is 1. The van der Waals surface area contributed by atoms with Gasteiger partial charge in [0.2, 0.25) is 0 Å². The number of rotatable bonds is 6. The largest absolute Gasteiger partial charge is 0.508 e. The van der Waals surface area contributed by atoms with Crippen molar-refractivity contribution in [3.05, 3.63) is 42.5 Å². The number of aromatic nitrogens is 1. The van der Waals surface area contributed by atoms with E-state index in [1.165, 1.54) is 11.3 Å². The van der Waals surface area contributed by atoms with E-state index in [2.05, 4.69) is 10.3 Å². The lowest BCUT2D eigenvalue weighted by molar-refractivity contribution is 0.0130. The number of hydrogen-bond donors (Lipinski definition) is 4. The Morgan fingerprint density at radius 3 is 2.54 bits per heavy atom. The van der Waals surface area contributed by atoms with Crippen LogP contribution in [-0.4, -0.2) is 45.7 Å². The molecule has 0 amide bonds. The molecule has 2 aromatic carbocycles. The van der Waals surface area contributed by atoms with E-state index in [-0.39, 0.29) is 12.3 Å². The van der Waals surface area contributed by atoms with Crippen LogP contribution in [0, 0.1) is 0 Å². The molecule has 126 valence electrons. The van der Waals surface area contributed by atoms with Crippen LogP contribution in [0.1, 0.15) is 0 Å². The molecule has 0 saturated heterocycles. The molecule has 5 nitrogen and oxygen atoms in total. The summed E-state index contributed by atoms with van der Waals surface area (Å²) in [5.41, 5.74) is 2.52. The van der Waals surface area contributed by atoms with Crippen molar-refractivity contribution < 1.29 is 19.7 Å². The fraction of sp³-hybridized carbons (Fsp3) is 0.235. The fourth-order valence-corrected chi connectivity index (χ4v) is 3.23. The van der Waals surface area contributed by atoms with E-state index in [1.54, 1.807) is 18.2 Å². The van der Waals surface area contributed by atoms with Crippen LogP contribution in [0.15, 0.2) is 42.5 Å². The molecule has 0 saturated carbocycles. The zero-order chi connectivity index (χ0) is 17.1. The number of anilines is 1. The van der Waals surface area contributed by atoms with Gasteiger partial charge in [0, 0.05) is 17.8 Å². The third-order valence-electron chi connectivity index (χ3n) is 3.62. The van der Waals surface area contributed by atoms with E-state index >= 15 is 0 Å². The number of benzene rings is 2. The van der Waals surface area contributed by atoms with Gasteiger partial charge in [0.25, 0.3) is 0 Å². The van der Waals surface area contributed by atoms with Crippen molar-refractivity contribution in [1.29, 1.82) is 0 Å². The molecule has 0 aliphatic rings. The fourth-order valence-electron chi connectivity index (χ4n) is 2.23. The number of aliphatic hydroxyl groups is 2. The van der Waals surface area contributed by atoms with Gasteiger partial charge in [-0.05, 0) is 42.5 Å². The third-order valence-corrected chi connectivity index (χ3v) is 4.69. The van der Waals surface area contributed by atoms with E-state index in [4.69, 9.17) is 0 Å². The number of aromatic hydroxyl groups is 1.